The summed E-state index contributed by atoms with van der Waals surface area (Å²) in [5.74, 6) is -1.17. The molecule has 2 aromatic heterocycles. The van der Waals surface area contributed by atoms with E-state index in [-0.39, 0.29) is 31.0 Å². The van der Waals surface area contributed by atoms with E-state index in [0.29, 0.717) is 12.4 Å². The zero-order chi connectivity index (χ0) is 28.3. The first-order chi connectivity index (χ1) is 17.6. The van der Waals surface area contributed by atoms with Crippen LogP contribution in [0.25, 0.3) is 0 Å². The van der Waals surface area contributed by atoms with Crippen LogP contribution < -0.4 is 21.3 Å². The van der Waals surface area contributed by atoms with Gasteiger partial charge in [-0.05, 0) is 13.3 Å². The van der Waals surface area contributed by atoms with Gasteiger partial charge in [-0.25, -0.2) is 20.5 Å². The average molecular weight is 523 g/mol. The first-order valence-electron chi connectivity index (χ1n) is 11.3. The van der Waals surface area contributed by atoms with Crippen molar-refractivity contribution in [3.05, 3.63) is 51.7 Å². The maximum atomic E-state index is 13.1. The molecule has 1 amide bonds. The predicted molar refractivity (Wildman–Crippen MR) is 114 cm³/mol. The molecular formula is C20H21F6N7O3. The Labute approximate surface area is 202 Å². The number of halogens is 6. The number of carbonyl (C=O) groups is 1. The third-order valence-corrected chi connectivity index (χ3v) is 4.77. The van der Waals surface area contributed by atoms with Gasteiger partial charge in [0.05, 0.1) is 24.1 Å². The zero-order valence-electron chi connectivity index (χ0n) is 20.5. The van der Waals surface area contributed by atoms with Crippen LogP contribution in [-0.2, 0) is 22.0 Å². The lowest BCUT2D eigenvalue weighted by Crippen LogP contribution is -2.34. The average Bonchev–Trinajstić information content (AvgIpc) is 2.82. The van der Waals surface area contributed by atoms with Crippen molar-refractivity contribution in [1.82, 2.24) is 25.6 Å². The summed E-state index contributed by atoms with van der Waals surface area (Å²) >= 11 is 0. The first kappa shape index (κ1) is 24.0. The Morgan fingerprint density at radius 1 is 1.22 bits per heavy atom. The van der Waals surface area contributed by atoms with Gasteiger partial charge in [-0.1, -0.05) is 11.6 Å². The number of alkyl halides is 6. The molecule has 0 spiro atoms. The normalized spacial score (nSPS) is 16.5. The number of aromatic amines is 1. The molecule has 10 nitrogen and oxygen atoms in total. The maximum absolute atomic E-state index is 13.1. The molecule has 1 aliphatic heterocycles. The van der Waals surface area contributed by atoms with E-state index >= 15 is 0 Å². The van der Waals surface area contributed by atoms with Gasteiger partial charge in [0.15, 0.2) is 0 Å². The fourth-order valence-electron chi connectivity index (χ4n) is 3.09. The molecule has 3 N–H and O–H groups in total. The van der Waals surface area contributed by atoms with Gasteiger partial charge in [-0.2, -0.15) is 31.4 Å². The molecule has 36 heavy (non-hydrogen) atoms. The third kappa shape index (κ3) is 7.16. The lowest BCUT2D eigenvalue weighted by molar-refractivity contribution is -0.139. The van der Waals surface area contributed by atoms with Crippen LogP contribution in [0.3, 0.4) is 0 Å². The molecule has 0 radical (unpaired) electrons. The summed E-state index contributed by atoms with van der Waals surface area (Å²) in [6, 6.07) is -0.864. The van der Waals surface area contributed by atoms with Crippen molar-refractivity contribution < 1.29 is 38.7 Å². The number of amides is 1. The fourth-order valence-corrected chi connectivity index (χ4v) is 3.09. The Hall–Kier alpha value is -3.69. The fraction of sp³-hybridized carbons (Fsp3) is 0.450. The topological polar surface area (TPSA) is 125 Å². The molecule has 0 unspecified atom stereocenters. The summed E-state index contributed by atoms with van der Waals surface area (Å²) in [6.45, 7) is 1.15. The molecule has 0 aliphatic carbocycles. The number of aromatic nitrogens is 4. The van der Waals surface area contributed by atoms with Gasteiger partial charge in [-0.3, -0.25) is 14.4 Å². The summed E-state index contributed by atoms with van der Waals surface area (Å²) in [4.78, 5) is 37.7. The quantitative estimate of drug-likeness (QED) is 0.274. The molecule has 1 atom stereocenters. The number of nitrogens with one attached hydrogen (secondary N) is 3. The second-order valence-corrected chi connectivity index (χ2v) is 7.59. The number of rotatable bonds is 8. The van der Waals surface area contributed by atoms with E-state index in [1.165, 1.54) is 17.9 Å². The van der Waals surface area contributed by atoms with E-state index in [1.54, 1.807) is 5.10 Å². The molecular weight excluding hydrogens is 500 g/mol. The molecule has 3 rings (SSSR count). The van der Waals surface area contributed by atoms with Crippen LogP contribution in [0.2, 0.25) is 0 Å². The molecule has 0 bridgehead atoms. The lowest BCUT2D eigenvalue weighted by atomic mass is 10.0. The van der Waals surface area contributed by atoms with Crippen LogP contribution in [0.4, 0.5) is 38.0 Å². The van der Waals surface area contributed by atoms with Crippen molar-refractivity contribution in [3.8, 4) is 0 Å². The summed E-state index contributed by atoms with van der Waals surface area (Å²) < 4.78 is 93.7. The SMILES string of the molecule is [2H]C([2H])(C(=O)NOC[C@H](C)Nc1cn[nH]c(=O)c1C(F)(F)F)C1=CCN(c2ncc(C(F)(F)F)cn2)CC1. The van der Waals surface area contributed by atoms with E-state index in [9.17, 15) is 35.9 Å². The molecule has 196 valence electrons. The molecule has 16 heteroatoms. The Morgan fingerprint density at radius 3 is 2.50 bits per heavy atom. The Bertz CT molecular complexity index is 1240. The largest absolute Gasteiger partial charge is 0.423 e. The summed E-state index contributed by atoms with van der Waals surface area (Å²) in [6.07, 6.45) is -8.61. The molecule has 0 aromatic carbocycles. The number of anilines is 2. The molecule has 0 fully saturated rings. The highest BCUT2D eigenvalue weighted by molar-refractivity contribution is 5.77. The van der Waals surface area contributed by atoms with Gasteiger partial charge in [-0.15, -0.1) is 0 Å². The van der Waals surface area contributed by atoms with E-state index in [1.807, 2.05) is 5.48 Å². The zero-order valence-corrected chi connectivity index (χ0v) is 18.5. The number of H-pyrrole nitrogens is 1. The standard InChI is InChI=1S/C20H21F6N7O3/c1-11(30-14-9-29-31-17(35)16(14)20(24,25)26)10-36-32-15(34)6-12-2-4-33(5-3-12)18-27-7-13(8-28-18)19(21,22)23/h2,7-9,11H,3-6,10H2,1H3,(H,32,34)(H2,30,31,35)/t11-/m0/s1/i6D2. The summed E-state index contributed by atoms with van der Waals surface area (Å²) in [5.41, 5.74) is -2.55. The Kier molecular flexibility index (Phi) is 7.29. The van der Waals surface area contributed by atoms with Gasteiger partial charge in [0.25, 0.3) is 5.56 Å². The Morgan fingerprint density at radius 2 is 1.92 bits per heavy atom. The highest BCUT2D eigenvalue weighted by Crippen LogP contribution is 2.31. The van der Waals surface area contributed by atoms with Crippen molar-refractivity contribution >= 4 is 17.5 Å². The monoisotopic (exact) mass is 523 g/mol. The van der Waals surface area contributed by atoms with Gasteiger partial charge in [0.2, 0.25) is 11.9 Å². The third-order valence-electron chi connectivity index (χ3n) is 4.77. The molecule has 0 saturated heterocycles. The number of nitrogens with zero attached hydrogens (tertiary/aromatic N) is 4. The number of hydrogen-bond donors (Lipinski definition) is 3. The highest BCUT2D eigenvalue weighted by atomic mass is 19.4. The molecule has 2 aromatic rings. The van der Waals surface area contributed by atoms with E-state index < -0.39 is 59.7 Å². The van der Waals surface area contributed by atoms with Crippen LogP contribution in [0.1, 0.15) is 33.6 Å². The van der Waals surface area contributed by atoms with Crippen LogP contribution in [0.15, 0.2) is 35.0 Å². The van der Waals surface area contributed by atoms with Crippen LogP contribution in [0.5, 0.6) is 0 Å². The van der Waals surface area contributed by atoms with Gasteiger partial charge < -0.3 is 10.2 Å². The first-order valence-corrected chi connectivity index (χ1v) is 10.3. The predicted octanol–water partition coefficient (Wildman–Crippen LogP) is 2.67. The van der Waals surface area contributed by atoms with Crippen molar-refractivity contribution in [2.24, 2.45) is 0 Å². The summed E-state index contributed by atoms with van der Waals surface area (Å²) in [7, 11) is 0. The molecule has 1 aliphatic rings. The van der Waals surface area contributed by atoms with E-state index in [0.717, 1.165) is 6.20 Å². The van der Waals surface area contributed by atoms with Gasteiger partial charge in [0, 0.05) is 40.6 Å². The van der Waals surface area contributed by atoms with Crippen LogP contribution in [-0.4, -0.2) is 51.8 Å². The highest BCUT2D eigenvalue weighted by Gasteiger charge is 2.37. The van der Waals surface area contributed by atoms with Crippen LogP contribution in [0, 0.1) is 0 Å². The van der Waals surface area contributed by atoms with Crippen LogP contribution >= 0.6 is 0 Å². The number of hydroxylamine groups is 1. The van der Waals surface area contributed by atoms with Crippen molar-refractivity contribution in [3.63, 3.8) is 0 Å². The minimum atomic E-state index is -4.95. The second kappa shape index (κ2) is 10.9. The lowest BCUT2D eigenvalue weighted by Gasteiger charge is -2.26. The number of carbonyl (C=O) groups excluding carboxylic acids is 1. The van der Waals surface area contributed by atoms with E-state index in [2.05, 4.69) is 20.4 Å². The number of hydrogen-bond acceptors (Lipinski definition) is 8. The van der Waals surface area contributed by atoms with Crippen molar-refractivity contribution in [2.75, 3.05) is 29.9 Å². The van der Waals surface area contributed by atoms with Gasteiger partial charge >= 0.3 is 12.4 Å². The minimum absolute atomic E-state index is 0.00687. The van der Waals surface area contributed by atoms with E-state index in [4.69, 9.17) is 7.58 Å². The second-order valence-electron chi connectivity index (χ2n) is 7.59. The van der Waals surface area contributed by atoms with Gasteiger partial charge in [0.1, 0.15) is 5.56 Å². The van der Waals surface area contributed by atoms with Crippen molar-refractivity contribution in [2.45, 2.75) is 38.1 Å². The minimum Gasteiger partial charge on any atom is -0.378 e. The molecule has 0 saturated carbocycles. The smallest absolute Gasteiger partial charge is 0.378 e. The maximum Gasteiger partial charge on any atom is 0.423 e. The molecule has 3 heterocycles. The Balaban J connectivity index is 1.54. The summed E-state index contributed by atoms with van der Waals surface area (Å²) in [5, 5.41) is 7.42. The van der Waals surface area contributed by atoms with Crippen molar-refractivity contribution in [1.29, 1.82) is 0 Å².